The molecule has 0 spiro atoms. The summed E-state index contributed by atoms with van der Waals surface area (Å²) in [6, 6.07) is 6.27. The second kappa shape index (κ2) is 8.87. The zero-order valence-electron chi connectivity index (χ0n) is 10.00. The van der Waals surface area contributed by atoms with Gasteiger partial charge < -0.3 is 22.9 Å². The molecule has 102 valence electrons. The van der Waals surface area contributed by atoms with E-state index in [0.29, 0.717) is 32.2 Å². The van der Waals surface area contributed by atoms with E-state index < -0.39 is 11.4 Å². The Kier molecular flexibility index (Phi) is 7.35. The Morgan fingerprint density at radius 3 is 2.28 bits per heavy atom. The Hall–Kier alpha value is -1.15. The molecular formula is C11H15O6S-. The van der Waals surface area contributed by atoms with Crippen molar-refractivity contribution < 1.29 is 27.2 Å². The molecule has 0 aromatic heterocycles. The lowest BCUT2D eigenvalue weighted by Crippen LogP contribution is -2.09. The van der Waals surface area contributed by atoms with E-state index in [1.165, 1.54) is 12.1 Å². The van der Waals surface area contributed by atoms with E-state index >= 15 is 0 Å². The molecule has 1 aromatic rings. The van der Waals surface area contributed by atoms with Gasteiger partial charge in [-0.2, -0.15) is 0 Å². The first-order chi connectivity index (χ1) is 8.72. The van der Waals surface area contributed by atoms with E-state index in [2.05, 4.69) is 4.18 Å². The molecule has 0 bridgehead atoms. The Bertz CT molecular complexity index is 353. The molecule has 7 heteroatoms. The Balaban J connectivity index is 2.20. The maximum Gasteiger partial charge on any atom is 0.139 e. The zero-order valence-corrected chi connectivity index (χ0v) is 10.8. The summed E-state index contributed by atoms with van der Waals surface area (Å²) in [7, 11) is 1.61. The summed E-state index contributed by atoms with van der Waals surface area (Å²) >= 11 is -2.56. The van der Waals surface area contributed by atoms with Gasteiger partial charge in [0.05, 0.1) is 19.8 Å². The van der Waals surface area contributed by atoms with Crippen LogP contribution in [0.4, 0.5) is 0 Å². The molecule has 0 fully saturated rings. The average Bonchev–Trinajstić information content (AvgIpc) is 2.35. The van der Waals surface area contributed by atoms with Gasteiger partial charge >= 0.3 is 0 Å². The molecule has 0 heterocycles. The summed E-state index contributed by atoms with van der Waals surface area (Å²) in [6.07, 6.45) is 0. The topological polar surface area (TPSA) is 77.0 Å². The summed E-state index contributed by atoms with van der Waals surface area (Å²) in [5.74, 6) is 0.862. The first kappa shape index (κ1) is 14.9. The predicted molar refractivity (Wildman–Crippen MR) is 64.2 cm³/mol. The van der Waals surface area contributed by atoms with Crippen molar-refractivity contribution in [2.24, 2.45) is 0 Å². The van der Waals surface area contributed by atoms with Gasteiger partial charge in [0.15, 0.2) is 0 Å². The third-order valence-corrected chi connectivity index (χ3v) is 2.24. The van der Waals surface area contributed by atoms with Crippen LogP contribution in [0.5, 0.6) is 11.5 Å². The molecule has 1 atom stereocenters. The van der Waals surface area contributed by atoms with E-state index in [-0.39, 0.29) is 5.75 Å². The minimum atomic E-state index is -2.56. The molecule has 0 saturated heterocycles. The predicted octanol–water partition coefficient (Wildman–Crippen LogP) is 0.901. The van der Waals surface area contributed by atoms with Crippen molar-refractivity contribution in [1.82, 2.24) is 0 Å². The van der Waals surface area contributed by atoms with Gasteiger partial charge in [-0.05, 0) is 24.3 Å². The SMILES string of the molecule is COCCOCCOc1ccc(OS(=O)[O-])cc1. The van der Waals surface area contributed by atoms with Crippen molar-refractivity contribution in [2.45, 2.75) is 0 Å². The monoisotopic (exact) mass is 275 g/mol. The smallest absolute Gasteiger partial charge is 0.139 e. The van der Waals surface area contributed by atoms with Gasteiger partial charge in [-0.25, -0.2) is 4.21 Å². The van der Waals surface area contributed by atoms with Gasteiger partial charge in [0.25, 0.3) is 0 Å². The fourth-order valence-electron chi connectivity index (χ4n) is 1.13. The Morgan fingerprint density at radius 1 is 1.06 bits per heavy atom. The molecule has 0 aliphatic rings. The number of methoxy groups -OCH3 is 1. The van der Waals surface area contributed by atoms with Gasteiger partial charge in [0.2, 0.25) is 0 Å². The second-order valence-electron chi connectivity index (χ2n) is 3.21. The quantitative estimate of drug-likeness (QED) is 0.492. The zero-order chi connectivity index (χ0) is 13.2. The normalized spacial score (nSPS) is 12.1. The minimum Gasteiger partial charge on any atom is -0.740 e. The maximum atomic E-state index is 10.3. The van der Waals surface area contributed by atoms with E-state index in [1.807, 2.05) is 0 Å². The van der Waals surface area contributed by atoms with E-state index in [4.69, 9.17) is 14.2 Å². The fraction of sp³-hybridized carbons (Fsp3) is 0.455. The van der Waals surface area contributed by atoms with Crippen LogP contribution in [-0.4, -0.2) is 42.3 Å². The van der Waals surface area contributed by atoms with Crippen molar-refractivity contribution in [2.75, 3.05) is 33.5 Å². The van der Waals surface area contributed by atoms with Crippen molar-refractivity contribution in [3.8, 4) is 11.5 Å². The van der Waals surface area contributed by atoms with Gasteiger partial charge in [-0.1, -0.05) is 0 Å². The van der Waals surface area contributed by atoms with Crippen LogP contribution in [0.2, 0.25) is 0 Å². The highest BCUT2D eigenvalue weighted by Crippen LogP contribution is 2.17. The molecule has 1 rings (SSSR count). The van der Waals surface area contributed by atoms with Crippen LogP contribution in [0.15, 0.2) is 24.3 Å². The maximum absolute atomic E-state index is 10.3. The standard InChI is InChI=1S/C11H16O6S/c1-14-6-7-15-8-9-16-10-2-4-11(5-3-10)17-18(12)13/h2-5H,6-9H2,1H3,(H,12,13)/p-1. The highest BCUT2D eigenvalue weighted by molar-refractivity contribution is 7.74. The lowest BCUT2D eigenvalue weighted by Gasteiger charge is -2.09. The Labute approximate surface area is 108 Å². The van der Waals surface area contributed by atoms with E-state index in [1.54, 1.807) is 19.2 Å². The first-order valence-corrected chi connectivity index (χ1v) is 6.29. The fourth-order valence-corrected chi connectivity index (χ4v) is 1.40. The number of ether oxygens (including phenoxy) is 3. The van der Waals surface area contributed by atoms with Crippen molar-refractivity contribution in [3.05, 3.63) is 24.3 Å². The number of benzene rings is 1. The molecule has 0 N–H and O–H groups in total. The van der Waals surface area contributed by atoms with Gasteiger partial charge in [0.1, 0.15) is 29.5 Å². The lowest BCUT2D eigenvalue weighted by atomic mass is 10.3. The highest BCUT2D eigenvalue weighted by atomic mass is 32.2. The van der Waals surface area contributed by atoms with E-state index in [9.17, 15) is 8.76 Å². The van der Waals surface area contributed by atoms with Crippen LogP contribution >= 0.6 is 0 Å². The number of hydrogen-bond acceptors (Lipinski definition) is 6. The minimum absolute atomic E-state index is 0.243. The molecule has 1 aromatic carbocycles. The summed E-state index contributed by atoms with van der Waals surface area (Å²) in [6.45, 7) is 1.96. The van der Waals surface area contributed by atoms with Crippen LogP contribution in [0, 0.1) is 0 Å². The van der Waals surface area contributed by atoms with Crippen LogP contribution in [-0.2, 0) is 20.8 Å². The molecule has 0 aliphatic heterocycles. The van der Waals surface area contributed by atoms with Gasteiger partial charge in [-0.15, -0.1) is 0 Å². The Morgan fingerprint density at radius 2 is 1.67 bits per heavy atom. The largest absolute Gasteiger partial charge is 0.740 e. The van der Waals surface area contributed by atoms with Gasteiger partial charge in [-0.3, -0.25) is 0 Å². The lowest BCUT2D eigenvalue weighted by molar-refractivity contribution is 0.0544. The number of rotatable bonds is 9. The molecule has 0 aliphatic carbocycles. The summed E-state index contributed by atoms with van der Waals surface area (Å²) < 4.78 is 40.4. The average molecular weight is 275 g/mol. The molecular weight excluding hydrogens is 260 g/mol. The molecule has 6 nitrogen and oxygen atoms in total. The van der Waals surface area contributed by atoms with Crippen molar-refractivity contribution in [1.29, 1.82) is 0 Å². The molecule has 1 unspecified atom stereocenters. The summed E-state index contributed by atoms with van der Waals surface area (Å²) in [5, 5.41) is 0. The highest BCUT2D eigenvalue weighted by Gasteiger charge is 1.97. The van der Waals surface area contributed by atoms with Crippen LogP contribution in [0.1, 0.15) is 0 Å². The molecule has 0 saturated carbocycles. The molecule has 18 heavy (non-hydrogen) atoms. The van der Waals surface area contributed by atoms with Crippen molar-refractivity contribution >= 4 is 11.4 Å². The van der Waals surface area contributed by atoms with E-state index in [0.717, 1.165) is 0 Å². The van der Waals surface area contributed by atoms with Crippen LogP contribution in [0.25, 0.3) is 0 Å². The third kappa shape index (κ3) is 6.55. The summed E-state index contributed by atoms with van der Waals surface area (Å²) in [4.78, 5) is 0. The molecule has 0 amide bonds. The van der Waals surface area contributed by atoms with Crippen molar-refractivity contribution in [3.63, 3.8) is 0 Å². The summed E-state index contributed by atoms with van der Waals surface area (Å²) in [5.41, 5.74) is 0. The molecule has 0 radical (unpaired) electrons. The van der Waals surface area contributed by atoms with Crippen LogP contribution < -0.4 is 8.92 Å². The first-order valence-electron chi connectivity index (χ1n) is 5.29. The third-order valence-electron chi connectivity index (χ3n) is 1.92. The number of hydrogen-bond donors (Lipinski definition) is 0. The second-order valence-corrected chi connectivity index (χ2v) is 3.79. The van der Waals surface area contributed by atoms with Crippen LogP contribution in [0.3, 0.4) is 0 Å². The van der Waals surface area contributed by atoms with Gasteiger partial charge in [0, 0.05) is 7.11 Å².